The lowest BCUT2D eigenvalue weighted by Gasteiger charge is -2.06. The molecule has 42 heavy (non-hydrogen) atoms. The second kappa shape index (κ2) is 29.8. The average Bonchev–Trinajstić information content (AvgIpc) is 2.99. The normalized spacial score (nSPS) is 15.3. The predicted molar refractivity (Wildman–Crippen MR) is 168 cm³/mol. The van der Waals surface area contributed by atoms with Gasteiger partial charge in [-0.05, 0) is 44.7 Å². The number of unbranched alkanes of at least 4 members (excludes halogenated alkanes) is 5. The largest absolute Gasteiger partial charge is 0.462 e. The number of Topliss-reactive ketones (excluding diaryl/α,β-unsaturated/α-hetero) is 1. The number of benzene rings is 1. The highest BCUT2D eigenvalue weighted by Gasteiger charge is 2.06. The number of carbonyl (C=O) groups excluding carboxylic acids is 4. The van der Waals surface area contributed by atoms with Gasteiger partial charge in [0, 0.05) is 19.3 Å². The smallest absolute Gasteiger partial charge is 0.338 e. The standard InChI is InChI=1S/C15H26O4.C12H16O2.C8H16O/c16-14-10-8-6-4-2-1-3-5-7-9-11-15(17)19-13-12-18-14;1-2-3-7-10-14-12(13)11-8-5-4-6-9-11;1-3-4-5-6-7-8(2)9/h1-13H2;4-6,8-9H,2-3,7,10H2,1H3;3-7H2,1-2H3. The molecule has 1 aliphatic rings. The summed E-state index contributed by atoms with van der Waals surface area (Å²) in [6.07, 6.45) is 19.9. The molecule has 240 valence electrons. The fourth-order valence-corrected chi connectivity index (χ4v) is 4.21. The Bertz CT molecular complexity index is 781. The van der Waals surface area contributed by atoms with Gasteiger partial charge >= 0.3 is 17.9 Å². The van der Waals surface area contributed by atoms with Gasteiger partial charge in [-0.25, -0.2) is 4.79 Å². The van der Waals surface area contributed by atoms with E-state index in [0.29, 0.717) is 30.8 Å². The first-order chi connectivity index (χ1) is 20.4. The monoisotopic (exact) mass is 590 g/mol. The molecule has 0 bridgehead atoms. The minimum atomic E-state index is -0.221. The van der Waals surface area contributed by atoms with Crippen LogP contribution in [0.1, 0.15) is 153 Å². The van der Waals surface area contributed by atoms with E-state index in [2.05, 4.69) is 13.8 Å². The van der Waals surface area contributed by atoms with E-state index in [1.165, 1.54) is 51.4 Å². The second-order valence-electron chi connectivity index (χ2n) is 10.8. The molecule has 1 saturated heterocycles. The SMILES string of the molecule is CCCCCCC(C)=O.CCCCCOC(=O)c1ccccc1.O=C1CCCCCCCCCCCC(=O)OCCO1. The first-order valence-electron chi connectivity index (χ1n) is 16.4. The maximum atomic E-state index is 11.4. The first kappa shape index (κ1) is 39.3. The number of ketones is 1. The van der Waals surface area contributed by atoms with Gasteiger partial charge in [0.15, 0.2) is 0 Å². The van der Waals surface area contributed by atoms with Crippen LogP contribution >= 0.6 is 0 Å². The molecule has 1 fully saturated rings. The third kappa shape index (κ3) is 27.5. The summed E-state index contributed by atoms with van der Waals surface area (Å²) in [5, 5.41) is 0. The van der Waals surface area contributed by atoms with E-state index in [-0.39, 0.29) is 31.1 Å². The van der Waals surface area contributed by atoms with Crippen LogP contribution in [-0.4, -0.2) is 43.5 Å². The molecule has 1 aromatic carbocycles. The maximum Gasteiger partial charge on any atom is 0.338 e. The Morgan fingerprint density at radius 1 is 0.667 bits per heavy atom. The molecular weight excluding hydrogens is 532 g/mol. The lowest BCUT2D eigenvalue weighted by atomic mass is 10.1. The molecule has 0 amide bonds. The van der Waals surface area contributed by atoms with Gasteiger partial charge in [0.25, 0.3) is 0 Å². The summed E-state index contributed by atoms with van der Waals surface area (Å²) >= 11 is 0. The molecule has 0 aliphatic carbocycles. The van der Waals surface area contributed by atoms with Gasteiger partial charge in [-0.3, -0.25) is 9.59 Å². The second-order valence-corrected chi connectivity index (χ2v) is 10.8. The summed E-state index contributed by atoms with van der Waals surface area (Å²) < 4.78 is 15.1. The third-order valence-corrected chi connectivity index (χ3v) is 6.74. The van der Waals surface area contributed by atoms with Crippen molar-refractivity contribution in [3.05, 3.63) is 35.9 Å². The van der Waals surface area contributed by atoms with Crippen molar-refractivity contribution in [2.24, 2.45) is 0 Å². The number of esters is 3. The molecule has 1 aromatic rings. The zero-order chi connectivity index (χ0) is 31.1. The van der Waals surface area contributed by atoms with Crippen LogP contribution < -0.4 is 0 Å². The van der Waals surface area contributed by atoms with Crippen molar-refractivity contribution in [3.8, 4) is 0 Å². The van der Waals surface area contributed by atoms with Gasteiger partial charge in [-0.15, -0.1) is 0 Å². The van der Waals surface area contributed by atoms with Crippen LogP contribution in [0.3, 0.4) is 0 Å². The molecule has 0 radical (unpaired) electrons. The van der Waals surface area contributed by atoms with E-state index in [0.717, 1.165) is 57.8 Å². The Morgan fingerprint density at radius 3 is 1.62 bits per heavy atom. The number of carbonyl (C=O) groups is 4. The van der Waals surface area contributed by atoms with Crippen molar-refractivity contribution < 1.29 is 33.4 Å². The number of rotatable bonds is 10. The van der Waals surface area contributed by atoms with Gasteiger partial charge in [0.05, 0.1) is 12.2 Å². The molecule has 7 heteroatoms. The molecule has 0 aromatic heterocycles. The maximum absolute atomic E-state index is 11.4. The van der Waals surface area contributed by atoms with Crippen LogP contribution in [0.25, 0.3) is 0 Å². The zero-order valence-electron chi connectivity index (χ0n) is 26.8. The lowest BCUT2D eigenvalue weighted by molar-refractivity contribution is -0.152. The summed E-state index contributed by atoms with van der Waals surface area (Å²) in [4.78, 5) is 44.5. The number of ether oxygens (including phenoxy) is 3. The fourth-order valence-electron chi connectivity index (χ4n) is 4.21. The van der Waals surface area contributed by atoms with Gasteiger partial charge in [0.2, 0.25) is 0 Å². The van der Waals surface area contributed by atoms with Crippen molar-refractivity contribution >= 4 is 23.7 Å². The highest BCUT2D eigenvalue weighted by atomic mass is 16.6. The Labute approximate surface area is 255 Å². The minimum Gasteiger partial charge on any atom is -0.462 e. The van der Waals surface area contributed by atoms with Gasteiger partial charge in [0.1, 0.15) is 19.0 Å². The van der Waals surface area contributed by atoms with Crippen LogP contribution in [0.5, 0.6) is 0 Å². The molecule has 0 atom stereocenters. The van der Waals surface area contributed by atoms with Crippen molar-refractivity contribution in [2.45, 2.75) is 143 Å². The van der Waals surface area contributed by atoms with Crippen LogP contribution in [-0.2, 0) is 28.6 Å². The highest BCUT2D eigenvalue weighted by Crippen LogP contribution is 2.12. The van der Waals surface area contributed by atoms with E-state index in [9.17, 15) is 19.2 Å². The van der Waals surface area contributed by atoms with E-state index >= 15 is 0 Å². The Morgan fingerprint density at radius 2 is 1.14 bits per heavy atom. The zero-order valence-corrected chi connectivity index (χ0v) is 26.8. The predicted octanol–water partition coefficient (Wildman–Crippen LogP) is 8.96. The fraction of sp³-hybridized carbons (Fsp3) is 0.714. The molecule has 1 aliphatic heterocycles. The van der Waals surface area contributed by atoms with E-state index in [1.807, 2.05) is 18.2 Å². The van der Waals surface area contributed by atoms with Crippen molar-refractivity contribution in [2.75, 3.05) is 19.8 Å². The lowest BCUT2D eigenvalue weighted by Crippen LogP contribution is -2.13. The molecule has 0 spiro atoms. The highest BCUT2D eigenvalue weighted by molar-refractivity contribution is 5.89. The van der Waals surface area contributed by atoms with Crippen LogP contribution in [0.4, 0.5) is 0 Å². The quantitative estimate of drug-likeness (QED) is 0.152. The number of cyclic esters (lactones) is 2. The van der Waals surface area contributed by atoms with E-state index in [1.54, 1.807) is 19.1 Å². The number of hydrogen-bond acceptors (Lipinski definition) is 7. The van der Waals surface area contributed by atoms with Crippen molar-refractivity contribution in [3.63, 3.8) is 0 Å². The van der Waals surface area contributed by atoms with E-state index < -0.39 is 0 Å². The summed E-state index contributed by atoms with van der Waals surface area (Å²) in [5.74, 6) is -0.256. The number of hydrogen-bond donors (Lipinski definition) is 0. The van der Waals surface area contributed by atoms with Crippen molar-refractivity contribution in [1.29, 1.82) is 0 Å². The van der Waals surface area contributed by atoms with Crippen LogP contribution in [0.2, 0.25) is 0 Å². The van der Waals surface area contributed by atoms with Gasteiger partial charge in [-0.2, -0.15) is 0 Å². The Hall–Kier alpha value is -2.70. The Balaban J connectivity index is 0.000000643. The summed E-state index contributed by atoms with van der Waals surface area (Å²) in [7, 11) is 0. The summed E-state index contributed by atoms with van der Waals surface area (Å²) in [5.41, 5.74) is 0.629. The third-order valence-electron chi connectivity index (χ3n) is 6.74. The summed E-state index contributed by atoms with van der Waals surface area (Å²) in [6.45, 7) is 6.86. The topological polar surface area (TPSA) is 96.0 Å². The van der Waals surface area contributed by atoms with E-state index in [4.69, 9.17) is 14.2 Å². The Kier molecular flexibility index (Phi) is 27.9. The van der Waals surface area contributed by atoms with Crippen LogP contribution in [0.15, 0.2) is 30.3 Å². The molecule has 0 saturated carbocycles. The molecule has 0 N–H and O–H groups in total. The molecular formula is C35H58O7. The van der Waals surface area contributed by atoms with Gasteiger partial charge in [-0.1, -0.05) is 109 Å². The van der Waals surface area contributed by atoms with Gasteiger partial charge < -0.3 is 19.0 Å². The first-order valence-corrected chi connectivity index (χ1v) is 16.4. The minimum absolute atomic E-state index is 0.180. The average molecular weight is 591 g/mol. The molecule has 7 nitrogen and oxygen atoms in total. The summed E-state index contributed by atoms with van der Waals surface area (Å²) in [6, 6.07) is 9.09. The van der Waals surface area contributed by atoms with Crippen molar-refractivity contribution in [1.82, 2.24) is 0 Å². The molecule has 2 rings (SSSR count). The molecule has 1 heterocycles. The molecule has 0 unspecified atom stereocenters. The van der Waals surface area contributed by atoms with Crippen LogP contribution in [0, 0.1) is 0 Å².